The van der Waals surface area contributed by atoms with Crippen LogP contribution in [0.4, 0.5) is 11.5 Å². The van der Waals surface area contributed by atoms with Crippen molar-refractivity contribution in [2.75, 3.05) is 29.9 Å². The average Bonchev–Trinajstić information content (AvgIpc) is 2.51. The second-order valence-corrected chi connectivity index (χ2v) is 7.61. The fraction of sp³-hybridized carbons (Fsp3) is 0.500. The number of fused-ring (bicyclic) bond motifs is 1. The minimum Gasteiger partial charge on any atom is -0.372 e. The molecule has 0 radical (unpaired) electrons. The highest BCUT2D eigenvalue weighted by Crippen LogP contribution is 2.31. The number of nitrogens with zero attached hydrogens (tertiary/aromatic N) is 3. The van der Waals surface area contributed by atoms with E-state index in [0.717, 1.165) is 48.8 Å². The van der Waals surface area contributed by atoms with Gasteiger partial charge in [-0.2, -0.15) is 0 Å². The smallest absolute Gasteiger partial charge is 0.157 e. The van der Waals surface area contributed by atoms with Gasteiger partial charge in [0.15, 0.2) is 5.82 Å². The van der Waals surface area contributed by atoms with Crippen LogP contribution >= 0.6 is 0 Å². The normalized spacial score (nSPS) is 16.4. The monoisotopic (exact) mass is 354 g/mol. The van der Waals surface area contributed by atoms with Crippen molar-refractivity contribution < 1.29 is 0 Å². The molecule has 1 aromatic rings. The lowest BCUT2D eigenvalue weighted by Crippen LogP contribution is -2.39. The molecule has 0 saturated heterocycles. The molecule has 26 heavy (non-hydrogen) atoms. The van der Waals surface area contributed by atoms with E-state index in [2.05, 4.69) is 67.4 Å². The van der Waals surface area contributed by atoms with E-state index in [4.69, 9.17) is 4.98 Å². The summed E-state index contributed by atoms with van der Waals surface area (Å²) in [6, 6.07) is 4.56. The Balaban J connectivity index is 2.18. The first-order valence-corrected chi connectivity index (χ1v) is 9.52. The van der Waals surface area contributed by atoms with E-state index in [0.29, 0.717) is 6.04 Å². The van der Waals surface area contributed by atoms with Crippen molar-refractivity contribution in [1.29, 1.82) is 0 Å². The lowest BCUT2D eigenvalue weighted by Gasteiger charge is -2.34. The van der Waals surface area contributed by atoms with Crippen molar-refractivity contribution in [2.45, 2.75) is 53.0 Å². The van der Waals surface area contributed by atoms with Gasteiger partial charge >= 0.3 is 0 Å². The number of aromatic nitrogens is 1. The van der Waals surface area contributed by atoms with E-state index in [1.807, 2.05) is 13.8 Å². The van der Waals surface area contributed by atoms with Crippen molar-refractivity contribution in [3.8, 4) is 0 Å². The van der Waals surface area contributed by atoms with Crippen molar-refractivity contribution in [1.82, 2.24) is 10.3 Å². The van der Waals surface area contributed by atoms with Crippen molar-refractivity contribution in [2.24, 2.45) is 0 Å². The lowest BCUT2D eigenvalue weighted by atomic mass is 10.1. The Morgan fingerprint density at radius 1 is 1.27 bits per heavy atom. The van der Waals surface area contributed by atoms with Crippen LogP contribution in [0.3, 0.4) is 0 Å². The summed E-state index contributed by atoms with van der Waals surface area (Å²) in [7, 11) is 2.14. The van der Waals surface area contributed by atoms with Crippen LogP contribution in [0.15, 0.2) is 48.3 Å². The van der Waals surface area contributed by atoms with Crippen LogP contribution in [0.1, 0.15) is 45.7 Å². The Labute approximate surface area is 159 Å². The molecule has 0 aromatic carbocycles. The molecule has 0 aliphatic carbocycles. The van der Waals surface area contributed by atoms with Gasteiger partial charge in [0.05, 0.1) is 11.5 Å². The standard InChI is InChI=1S/C22H34N4/c1-16(2)14-17(3)15-19(5)23-20(6)26-13-9-8-12-25(7)21-11-10-18(4)24-22(21)26/h10-11,14,19,23H,1,6,8-9,12-13,15H2,2-5,7H3/b17-14-. The number of pyridine rings is 1. The third-order valence-corrected chi connectivity index (χ3v) is 4.65. The van der Waals surface area contributed by atoms with E-state index < -0.39 is 0 Å². The molecular weight excluding hydrogens is 320 g/mol. The molecule has 0 bridgehead atoms. The molecule has 1 atom stereocenters. The molecule has 1 aliphatic rings. The van der Waals surface area contributed by atoms with Crippen LogP contribution < -0.4 is 15.1 Å². The molecule has 0 amide bonds. The highest BCUT2D eigenvalue weighted by Gasteiger charge is 2.21. The zero-order chi connectivity index (χ0) is 19.3. The first kappa shape index (κ1) is 20.1. The summed E-state index contributed by atoms with van der Waals surface area (Å²) in [5, 5.41) is 3.58. The third kappa shape index (κ3) is 5.38. The topological polar surface area (TPSA) is 31.4 Å². The van der Waals surface area contributed by atoms with Gasteiger partial charge in [-0.25, -0.2) is 4.98 Å². The van der Waals surface area contributed by atoms with E-state index in [1.54, 1.807) is 0 Å². The Hall–Kier alpha value is -2.23. The fourth-order valence-electron chi connectivity index (χ4n) is 3.52. The van der Waals surface area contributed by atoms with Crippen molar-refractivity contribution >= 4 is 11.5 Å². The zero-order valence-corrected chi connectivity index (χ0v) is 17.1. The number of aryl methyl sites for hydroxylation is 1. The van der Waals surface area contributed by atoms with Gasteiger partial charge in [-0.1, -0.05) is 30.4 Å². The van der Waals surface area contributed by atoms with Crippen LogP contribution in [0.25, 0.3) is 0 Å². The Morgan fingerprint density at radius 3 is 2.65 bits per heavy atom. The molecule has 2 heterocycles. The number of hydrogen-bond donors (Lipinski definition) is 1. The molecule has 0 spiro atoms. The molecule has 4 nitrogen and oxygen atoms in total. The van der Waals surface area contributed by atoms with Crippen LogP contribution in [0, 0.1) is 6.92 Å². The summed E-state index contributed by atoms with van der Waals surface area (Å²) in [4.78, 5) is 9.37. The second kappa shape index (κ2) is 8.93. The summed E-state index contributed by atoms with van der Waals surface area (Å²) >= 11 is 0. The average molecular weight is 355 g/mol. The summed E-state index contributed by atoms with van der Waals surface area (Å²) in [6.07, 6.45) is 5.41. The number of hydrogen-bond acceptors (Lipinski definition) is 4. The SMILES string of the molecule is C=C(C)/C=C(/C)CC(C)NC(=C)N1CCCCN(C)c2ccc(C)nc21. The van der Waals surface area contributed by atoms with Gasteiger partial charge in [0, 0.05) is 31.9 Å². The maximum Gasteiger partial charge on any atom is 0.157 e. The molecule has 142 valence electrons. The first-order valence-electron chi connectivity index (χ1n) is 9.52. The predicted molar refractivity (Wildman–Crippen MR) is 114 cm³/mol. The fourth-order valence-corrected chi connectivity index (χ4v) is 3.52. The maximum atomic E-state index is 4.84. The first-order chi connectivity index (χ1) is 12.3. The largest absolute Gasteiger partial charge is 0.372 e. The summed E-state index contributed by atoms with van der Waals surface area (Å²) in [5.41, 5.74) is 4.62. The Morgan fingerprint density at radius 2 is 1.96 bits per heavy atom. The number of anilines is 2. The molecule has 1 unspecified atom stereocenters. The third-order valence-electron chi connectivity index (χ3n) is 4.65. The minimum absolute atomic E-state index is 0.300. The molecular formula is C22H34N4. The minimum atomic E-state index is 0.300. The van der Waals surface area contributed by atoms with Gasteiger partial charge in [0.1, 0.15) is 0 Å². The number of allylic oxidation sites excluding steroid dienone is 2. The van der Waals surface area contributed by atoms with Gasteiger partial charge < -0.3 is 15.1 Å². The van der Waals surface area contributed by atoms with Crippen LogP contribution in [0.2, 0.25) is 0 Å². The van der Waals surface area contributed by atoms with E-state index in [9.17, 15) is 0 Å². The van der Waals surface area contributed by atoms with Gasteiger partial charge in [-0.15, -0.1) is 0 Å². The van der Waals surface area contributed by atoms with Gasteiger partial charge in [0.2, 0.25) is 0 Å². The maximum absolute atomic E-state index is 4.84. The molecule has 1 aliphatic heterocycles. The van der Waals surface area contributed by atoms with Crippen molar-refractivity contribution in [3.63, 3.8) is 0 Å². The summed E-state index contributed by atoms with van der Waals surface area (Å²) < 4.78 is 0. The van der Waals surface area contributed by atoms with Crippen LogP contribution in [-0.4, -0.2) is 31.2 Å². The van der Waals surface area contributed by atoms with Crippen LogP contribution in [-0.2, 0) is 0 Å². The lowest BCUT2D eigenvalue weighted by molar-refractivity contribution is 0.578. The zero-order valence-electron chi connectivity index (χ0n) is 17.1. The quantitative estimate of drug-likeness (QED) is 0.744. The predicted octanol–water partition coefficient (Wildman–Crippen LogP) is 4.79. The summed E-state index contributed by atoms with van der Waals surface area (Å²) in [5.74, 6) is 1.93. The number of nitrogens with one attached hydrogen (secondary N) is 1. The van der Waals surface area contributed by atoms with E-state index in [1.165, 1.54) is 17.7 Å². The van der Waals surface area contributed by atoms with Gasteiger partial charge in [0.25, 0.3) is 0 Å². The van der Waals surface area contributed by atoms with E-state index in [-0.39, 0.29) is 0 Å². The number of rotatable bonds is 6. The second-order valence-electron chi connectivity index (χ2n) is 7.61. The highest BCUT2D eigenvalue weighted by atomic mass is 15.3. The molecule has 0 saturated carbocycles. The molecule has 2 rings (SSSR count). The molecule has 1 aromatic heterocycles. The van der Waals surface area contributed by atoms with Gasteiger partial charge in [-0.3, -0.25) is 0 Å². The van der Waals surface area contributed by atoms with Gasteiger partial charge in [-0.05, 0) is 59.1 Å². The molecule has 0 fully saturated rings. The Kier molecular flexibility index (Phi) is 6.90. The summed E-state index contributed by atoms with van der Waals surface area (Å²) in [6.45, 7) is 18.7. The molecule has 1 N–H and O–H groups in total. The highest BCUT2D eigenvalue weighted by molar-refractivity contribution is 5.69. The Bertz CT molecular complexity index is 689. The van der Waals surface area contributed by atoms with Crippen LogP contribution in [0.5, 0.6) is 0 Å². The van der Waals surface area contributed by atoms with E-state index >= 15 is 0 Å². The molecule has 4 heteroatoms. The van der Waals surface area contributed by atoms with Crippen molar-refractivity contribution in [3.05, 3.63) is 54.0 Å².